The minimum absolute atomic E-state index is 0.0143. The van der Waals surface area contributed by atoms with Crippen molar-refractivity contribution in [1.29, 1.82) is 0 Å². The number of fused-ring (bicyclic) bond motifs is 5. The van der Waals surface area contributed by atoms with E-state index >= 15 is 0 Å². The maximum absolute atomic E-state index is 12.0. The molecule has 31 nitrogen and oxygen atoms in total. The molecule has 6 aromatic heterocycles. The number of halogens is 2. The third kappa shape index (κ3) is 19.4. The molecule has 5 aliphatic rings. The number of sulfonamides is 4. The van der Waals surface area contributed by atoms with Gasteiger partial charge >= 0.3 is 0 Å². The van der Waals surface area contributed by atoms with Gasteiger partial charge in [0.15, 0.2) is 0 Å². The van der Waals surface area contributed by atoms with E-state index in [4.69, 9.17) is 37.1 Å². The lowest BCUT2D eigenvalue weighted by Gasteiger charge is -2.46. The van der Waals surface area contributed by atoms with E-state index in [1.54, 1.807) is 52.5 Å². The van der Waals surface area contributed by atoms with E-state index in [0.29, 0.717) is 120 Å². The zero-order valence-electron chi connectivity index (χ0n) is 62.4. The van der Waals surface area contributed by atoms with Crippen LogP contribution in [0.5, 0.6) is 11.5 Å². The van der Waals surface area contributed by atoms with Gasteiger partial charge in [-0.3, -0.25) is 30.3 Å². The van der Waals surface area contributed by atoms with Crippen LogP contribution in [0.1, 0.15) is 71.4 Å². The van der Waals surface area contributed by atoms with Crippen LogP contribution in [0.2, 0.25) is 10.0 Å². The lowest BCUT2D eigenvalue weighted by molar-refractivity contribution is -0.130. The second-order valence-corrected chi connectivity index (χ2v) is 37.1. The minimum Gasteiger partial charge on any atom is -0.490 e. The number of aromatic amines is 5. The number of hydrogen-bond acceptors (Lipinski definition) is 21. The van der Waals surface area contributed by atoms with Crippen molar-refractivity contribution < 1.29 is 52.4 Å². The fourth-order valence-corrected chi connectivity index (χ4v) is 18.8. The van der Waals surface area contributed by atoms with Gasteiger partial charge < -0.3 is 33.5 Å². The third-order valence-electron chi connectivity index (χ3n) is 20.2. The van der Waals surface area contributed by atoms with Crippen LogP contribution in [-0.4, -0.2) is 259 Å². The lowest BCUT2D eigenvalue weighted by atomic mass is 10.00. The molecule has 586 valence electrons. The molecule has 16 rings (SSSR count). The van der Waals surface area contributed by atoms with E-state index in [1.165, 1.54) is 51.0 Å². The van der Waals surface area contributed by atoms with Gasteiger partial charge in [0, 0.05) is 172 Å². The summed E-state index contributed by atoms with van der Waals surface area (Å²) in [6.07, 6.45) is 22.1. The van der Waals surface area contributed by atoms with E-state index in [2.05, 4.69) is 109 Å². The number of piperidine rings is 2. The molecular formula is C72H93Cl2N19O12S4. The molecule has 5 fully saturated rings. The first kappa shape index (κ1) is 79.9. The van der Waals surface area contributed by atoms with Crippen molar-refractivity contribution in [2.75, 3.05) is 138 Å². The van der Waals surface area contributed by atoms with Gasteiger partial charge in [-0.05, 0) is 111 Å². The molecule has 0 aliphatic carbocycles. The molecule has 0 radical (unpaired) electrons. The van der Waals surface area contributed by atoms with E-state index in [0.717, 1.165) is 122 Å². The minimum atomic E-state index is -3.20. The first-order valence-electron chi connectivity index (χ1n) is 36.0. The Morgan fingerprint density at radius 3 is 1.24 bits per heavy atom. The Morgan fingerprint density at radius 2 is 0.853 bits per heavy atom. The quantitative estimate of drug-likeness (QED) is 0.0677. The van der Waals surface area contributed by atoms with Gasteiger partial charge in [0.05, 0.1) is 101 Å². The van der Waals surface area contributed by atoms with Crippen molar-refractivity contribution in [3.05, 3.63) is 125 Å². The first-order valence-corrected chi connectivity index (χ1v) is 44.2. The molecule has 0 bridgehead atoms. The first-order chi connectivity index (χ1) is 51.8. The Labute approximate surface area is 644 Å². The number of aromatic nitrogens is 11. The van der Waals surface area contributed by atoms with Crippen LogP contribution in [0, 0.1) is 0 Å². The number of likely N-dealkylation sites (tertiary alicyclic amines) is 1. The van der Waals surface area contributed by atoms with Crippen LogP contribution in [0.15, 0.2) is 109 Å². The highest BCUT2D eigenvalue weighted by Crippen LogP contribution is 2.38. The van der Waals surface area contributed by atoms with Crippen molar-refractivity contribution in [3.8, 4) is 23.0 Å². The number of carbonyl (C=O) groups is 1. The Bertz CT molecular complexity index is 5470. The number of ether oxygens (including phenoxy) is 2. The van der Waals surface area contributed by atoms with Gasteiger partial charge in [0.2, 0.25) is 51.9 Å². The van der Waals surface area contributed by atoms with Crippen LogP contribution in [0.4, 0.5) is 17.1 Å². The van der Waals surface area contributed by atoms with Gasteiger partial charge in [0.1, 0.15) is 30.0 Å². The summed E-state index contributed by atoms with van der Waals surface area (Å²) < 4.78 is 117. The van der Waals surface area contributed by atoms with Crippen molar-refractivity contribution in [1.82, 2.24) is 78.1 Å². The molecule has 37 heteroatoms. The molecular weight excluding hydrogens is 1520 g/mol. The van der Waals surface area contributed by atoms with Crippen LogP contribution < -0.4 is 24.2 Å². The van der Waals surface area contributed by atoms with Gasteiger partial charge in [-0.25, -0.2) is 43.0 Å². The lowest BCUT2D eigenvalue weighted by Crippen LogP contribution is -2.60. The third-order valence-corrected chi connectivity index (χ3v) is 26.0. The number of aryl methyl sites for hydroxylation is 2. The largest absolute Gasteiger partial charge is 0.490 e. The molecule has 5 saturated heterocycles. The maximum Gasteiger partial charge on any atom is 0.226 e. The van der Waals surface area contributed by atoms with Crippen molar-refractivity contribution in [3.63, 3.8) is 0 Å². The smallest absolute Gasteiger partial charge is 0.226 e. The topological polar surface area (TPSA) is 367 Å². The predicted molar refractivity (Wildman–Crippen MR) is 426 cm³/mol. The van der Waals surface area contributed by atoms with Gasteiger partial charge in [-0.15, -0.1) is 0 Å². The fourth-order valence-electron chi connectivity index (χ4n) is 14.5. The van der Waals surface area contributed by atoms with E-state index in [9.17, 15) is 38.5 Å². The number of piperazine rings is 3. The van der Waals surface area contributed by atoms with Crippen LogP contribution in [-0.2, 0) is 57.7 Å². The van der Waals surface area contributed by atoms with E-state index < -0.39 is 45.6 Å². The number of H-pyrrole nitrogens is 5. The number of nitrogens with zero attached hydrogens (tertiary/aromatic N) is 14. The number of nitrogens with one attached hydrogen (secondary N) is 5. The molecule has 0 atom stereocenters. The average Bonchev–Trinajstić information content (AvgIpc) is 1.77. The molecule has 11 heterocycles. The summed E-state index contributed by atoms with van der Waals surface area (Å²) in [5.41, 5.74) is 10.9. The number of amides is 1. The zero-order chi connectivity index (χ0) is 77.7. The number of carbonyl (C=O) groups excluding carboxylic acids is 1. The fraction of sp³-hybridized carbons (Fsp3) is 0.458. The normalized spacial score (nSPS) is 17.7. The molecule has 1 amide bonds. The molecule has 0 unspecified atom stereocenters. The SMILES string of the molecule is CC(=O)N1CCC(Oc2cc(Cl)cc3[nH]ncc23)CC1.CCc1cc(N2CCN(S(C)(=O)=O)C(C)(C)C2)c2cn[nH]c2c1.CCc1cc(N2CCN(S(C)(=O)=O)CC2)c2cn[nH]c2c1.CS(=O)(=O)N1CCC(Oc2cc(Cl)cc3[nH]ncc23)CC1.CS(=O)(=O)N1CCN(c2cc(-c3ncco3)cc3[nH]ncc23)CC1. The van der Waals surface area contributed by atoms with E-state index in [1.807, 2.05) is 55.4 Å². The molecule has 109 heavy (non-hydrogen) atoms. The molecule has 11 aromatic rings. The summed E-state index contributed by atoms with van der Waals surface area (Å²) in [7, 11) is -12.5. The Kier molecular flexibility index (Phi) is 24.6. The van der Waals surface area contributed by atoms with Crippen molar-refractivity contribution in [2.45, 2.75) is 90.9 Å². The molecule has 0 spiro atoms. The molecule has 5 aromatic carbocycles. The summed E-state index contributed by atoms with van der Waals surface area (Å²) in [5, 5.41) is 41.4. The van der Waals surface area contributed by atoms with E-state index in [-0.39, 0.29) is 18.1 Å². The second kappa shape index (κ2) is 33.5. The predicted octanol–water partition coefficient (Wildman–Crippen LogP) is 9.12. The highest BCUT2D eigenvalue weighted by Gasteiger charge is 2.40. The van der Waals surface area contributed by atoms with Gasteiger partial charge in [0.25, 0.3) is 0 Å². The zero-order valence-corrected chi connectivity index (χ0v) is 67.1. The van der Waals surface area contributed by atoms with Gasteiger partial charge in [-0.1, -0.05) is 37.0 Å². The monoisotopic (exact) mass is 1610 g/mol. The summed E-state index contributed by atoms with van der Waals surface area (Å²) in [6.45, 7) is 18.8. The number of hydrogen-bond donors (Lipinski definition) is 5. The maximum atomic E-state index is 12.0. The Balaban J connectivity index is 0.000000127. The van der Waals surface area contributed by atoms with Crippen molar-refractivity contribution in [2.24, 2.45) is 0 Å². The molecule has 0 saturated carbocycles. The Morgan fingerprint density at radius 1 is 0.477 bits per heavy atom. The van der Waals surface area contributed by atoms with Crippen LogP contribution >= 0.6 is 23.2 Å². The Hall–Kier alpha value is -8.65. The molecule has 5 aliphatic heterocycles. The summed E-state index contributed by atoms with van der Waals surface area (Å²) >= 11 is 12.1. The summed E-state index contributed by atoms with van der Waals surface area (Å²) in [6, 6.07) is 19.8. The summed E-state index contributed by atoms with van der Waals surface area (Å²) in [5.74, 6) is 2.11. The highest BCUT2D eigenvalue weighted by molar-refractivity contribution is 7.89. The summed E-state index contributed by atoms with van der Waals surface area (Å²) in [4.78, 5) is 24.1. The highest BCUT2D eigenvalue weighted by atomic mass is 35.5. The van der Waals surface area contributed by atoms with Crippen LogP contribution in [0.3, 0.4) is 0 Å². The van der Waals surface area contributed by atoms with Crippen LogP contribution in [0.25, 0.3) is 66.0 Å². The number of oxazole rings is 1. The second-order valence-electron chi connectivity index (χ2n) is 28.4. The number of anilines is 3. The molecule has 5 N–H and O–H groups in total. The number of rotatable bonds is 14. The number of benzene rings is 5. The average molecular weight is 1620 g/mol. The standard InChI is InChI=1S/C16H24N4O2S.C15H17N5O3S.C14H16ClN3O2.C14H20N4O2S.C13H16ClN3O3S/c1-5-12-8-14-13(10-17-18-14)15(9-12)19-6-7-20(23(4,21)22)16(2,3)11-19;1-24(21,22)20-5-3-19(4-6-20)14-9-11(15-16-2-7-23-15)8-13-12(14)10-17-18-13;1-9(19)18-4-2-11(3-5-18)20-14-7-10(15)6-13-12(14)8-16-17-13;1-3-11-8-13-12(10-15-16-13)14(9-11)17-4-6-18(7-5-17)21(2,19)20;1-21(18,19)17-4-2-10(3-5-17)20-13-7-9(14)6-12-11(13)8-15-16-12/h8-10H,5-7,11H2,1-4H3,(H,17,18);2,7-10H,3-6H2,1H3,(H,17,18);6-8,11H,2-5H2,1H3,(H,16,17);8-10H,3-7H2,1-2H3,(H,15,16);6-8,10H,2-5H2,1H3,(H,15,16). The van der Waals surface area contributed by atoms with Crippen molar-refractivity contribution >= 4 is 141 Å². The van der Waals surface area contributed by atoms with Gasteiger partial charge in [-0.2, -0.15) is 38.4 Å².